The molecule has 0 saturated carbocycles. The van der Waals surface area contributed by atoms with E-state index in [9.17, 15) is 13.6 Å². The smallest absolute Gasteiger partial charge is 0.246 e. The van der Waals surface area contributed by atoms with Gasteiger partial charge < -0.3 is 24.4 Å². The lowest BCUT2D eigenvalue weighted by Gasteiger charge is -2.34. The number of fused-ring (bicyclic) bond motifs is 1. The van der Waals surface area contributed by atoms with Crippen molar-refractivity contribution in [2.24, 2.45) is 0 Å². The van der Waals surface area contributed by atoms with Crippen LogP contribution in [0.15, 0.2) is 67.5 Å². The number of rotatable bonds is 8. The number of piperidine rings is 1. The number of alkyl halides is 1. The van der Waals surface area contributed by atoms with Gasteiger partial charge in [0.15, 0.2) is 17.7 Å². The molecule has 8 nitrogen and oxygen atoms in total. The Morgan fingerprint density at radius 2 is 1.85 bits per heavy atom. The number of ether oxygens (including phenoxy) is 3. The number of methoxy groups -OCH3 is 2. The molecule has 0 aliphatic carbocycles. The number of anilines is 2. The minimum atomic E-state index is -1.42. The molecule has 1 aromatic heterocycles. The standard InChI is InChI=1S/C30H27F3N4O4/c1-4-29(38)37-10-9-25(22(33)15-37)41-28-13-20-23(14-27(28)40-3)34-16-35-30(20)36-24-11-17(5-8-26(24)39-2)19-7-6-18(31)12-21(19)32/h4-8,11-14,16,22,25H,1,9-10,15H2,2-3H3,(H,34,35,36)/t22-,25+/m1/s1. The third-order valence-electron chi connectivity index (χ3n) is 6.86. The SMILES string of the molecule is C=CC(=O)N1CC[C@H](Oc2cc3c(Nc4cc(-c5ccc(F)cc5F)ccc4OC)ncnc3cc2OC)[C@H](F)C1. The molecule has 0 spiro atoms. The molecule has 1 fully saturated rings. The van der Waals surface area contributed by atoms with Crippen LogP contribution in [0.3, 0.4) is 0 Å². The highest BCUT2D eigenvalue weighted by Gasteiger charge is 2.33. The van der Waals surface area contributed by atoms with Gasteiger partial charge in [-0.15, -0.1) is 0 Å². The largest absolute Gasteiger partial charge is 0.495 e. The fourth-order valence-electron chi connectivity index (χ4n) is 4.75. The van der Waals surface area contributed by atoms with Gasteiger partial charge in [0.1, 0.15) is 35.6 Å². The minimum Gasteiger partial charge on any atom is -0.495 e. The van der Waals surface area contributed by atoms with E-state index in [1.165, 1.54) is 37.6 Å². The number of aromatic nitrogens is 2. The Bertz CT molecular complexity index is 1620. The van der Waals surface area contributed by atoms with Gasteiger partial charge in [0.2, 0.25) is 5.91 Å². The molecule has 1 N–H and O–H groups in total. The maximum Gasteiger partial charge on any atom is 0.246 e. The molecule has 2 atom stereocenters. The lowest BCUT2D eigenvalue weighted by Crippen LogP contribution is -2.48. The van der Waals surface area contributed by atoms with E-state index in [0.29, 0.717) is 46.0 Å². The molecule has 0 bridgehead atoms. The van der Waals surface area contributed by atoms with Gasteiger partial charge in [-0.05, 0) is 42.0 Å². The summed E-state index contributed by atoms with van der Waals surface area (Å²) in [5.74, 6) is -0.241. The van der Waals surface area contributed by atoms with Gasteiger partial charge >= 0.3 is 0 Å². The number of likely N-dealkylation sites (tertiary alicyclic amines) is 1. The summed E-state index contributed by atoms with van der Waals surface area (Å²) in [5.41, 5.74) is 1.70. The van der Waals surface area contributed by atoms with E-state index in [1.807, 2.05) is 0 Å². The van der Waals surface area contributed by atoms with E-state index in [1.54, 1.807) is 30.3 Å². The van der Waals surface area contributed by atoms with Gasteiger partial charge in [-0.1, -0.05) is 12.6 Å². The van der Waals surface area contributed by atoms with Crippen LogP contribution in [0.25, 0.3) is 22.0 Å². The minimum absolute atomic E-state index is 0.105. The second-order valence-corrected chi connectivity index (χ2v) is 9.36. The summed E-state index contributed by atoms with van der Waals surface area (Å²) in [6, 6.07) is 11.7. The molecule has 11 heteroatoms. The molecule has 5 rings (SSSR count). The van der Waals surface area contributed by atoms with Gasteiger partial charge in [0, 0.05) is 36.0 Å². The average molecular weight is 565 g/mol. The molecule has 1 aliphatic rings. The van der Waals surface area contributed by atoms with Gasteiger partial charge in [-0.3, -0.25) is 4.79 Å². The number of amides is 1. The monoisotopic (exact) mass is 564 g/mol. The quantitative estimate of drug-likeness (QED) is 0.269. The number of hydrogen-bond donors (Lipinski definition) is 1. The summed E-state index contributed by atoms with van der Waals surface area (Å²) in [7, 11) is 2.96. The van der Waals surface area contributed by atoms with Crippen molar-refractivity contribution < 1.29 is 32.2 Å². The molecule has 41 heavy (non-hydrogen) atoms. The molecular weight excluding hydrogens is 537 g/mol. The molecule has 0 unspecified atom stereocenters. The Balaban J connectivity index is 1.48. The zero-order valence-corrected chi connectivity index (χ0v) is 22.4. The second-order valence-electron chi connectivity index (χ2n) is 9.36. The predicted octanol–water partition coefficient (Wildman–Crippen LogP) is 5.84. The molecular formula is C30H27F3N4O4. The highest BCUT2D eigenvalue weighted by Crippen LogP contribution is 2.39. The summed E-state index contributed by atoms with van der Waals surface area (Å²) < 4.78 is 60.1. The molecule has 212 valence electrons. The van der Waals surface area contributed by atoms with Gasteiger partial charge in [-0.2, -0.15) is 0 Å². The summed E-state index contributed by atoms with van der Waals surface area (Å²) in [5, 5.41) is 3.75. The predicted molar refractivity (Wildman–Crippen MR) is 148 cm³/mol. The Kier molecular flexibility index (Phi) is 7.95. The van der Waals surface area contributed by atoms with Crippen LogP contribution >= 0.6 is 0 Å². The fraction of sp³-hybridized carbons (Fsp3) is 0.233. The topological polar surface area (TPSA) is 85.8 Å². The summed E-state index contributed by atoms with van der Waals surface area (Å²) >= 11 is 0. The van der Waals surface area contributed by atoms with Crippen LogP contribution in [0.2, 0.25) is 0 Å². The number of hydrogen-bond acceptors (Lipinski definition) is 7. The van der Waals surface area contributed by atoms with E-state index in [0.717, 1.165) is 12.1 Å². The van der Waals surface area contributed by atoms with Crippen molar-refractivity contribution in [3.63, 3.8) is 0 Å². The second kappa shape index (κ2) is 11.7. The number of benzene rings is 3. The van der Waals surface area contributed by atoms with Gasteiger partial charge in [-0.25, -0.2) is 23.1 Å². The van der Waals surface area contributed by atoms with Crippen molar-refractivity contribution in [3.8, 4) is 28.4 Å². The van der Waals surface area contributed by atoms with Gasteiger partial charge in [0.25, 0.3) is 0 Å². The molecule has 1 amide bonds. The number of nitrogens with zero attached hydrogens (tertiary/aromatic N) is 3. The number of halogens is 3. The van der Waals surface area contributed by atoms with Crippen LogP contribution < -0.4 is 19.5 Å². The van der Waals surface area contributed by atoms with Crippen LogP contribution in [0.1, 0.15) is 6.42 Å². The van der Waals surface area contributed by atoms with Crippen molar-refractivity contribution in [2.75, 3.05) is 32.6 Å². The zero-order chi connectivity index (χ0) is 29.1. The molecule has 1 aliphatic heterocycles. The first-order chi connectivity index (χ1) is 19.8. The maximum atomic E-state index is 15.0. The Morgan fingerprint density at radius 1 is 1.05 bits per heavy atom. The van der Waals surface area contributed by atoms with Crippen LogP contribution in [-0.4, -0.2) is 60.4 Å². The number of carbonyl (C=O) groups is 1. The first-order valence-electron chi connectivity index (χ1n) is 12.8. The first-order valence-corrected chi connectivity index (χ1v) is 12.8. The summed E-state index contributed by atoms with van der Waals surface area (Å²) in [6.45, 7) is 3.68. The normalized spacial score (nSPS) is 16.8. The maximum absolute atomic E-state index is 15.0. The van der Waals surface area contributed by atoms with Crippen molar-refractivity contribution in [1.82, 2.24) is 14.9 Å². The highest BCUT2D eigenvalue weighted by molar-refractivity contribution is 5.94. The van der Waals surface area contributed by atoms with E-state index >= 15 is 4.39 Å². The molecule has 0 radical (unpaired) electrons. The third-order valence-corrected chi connectivity index (χ3v) is 6.86. The average Bonchev–Trinajstić information content (AvgIpc) is 2.97. The molecule has 1 saturated heterocycles. The van der Waals surface area contributed by atoms with E-state index in [2.05, 4.69) is 21.9 Å². The van der Waals surface area contributed by atoms with Crippen molar-refractivity contribution in [3.05, 3.63) is 79.1 Å². The Labute approximate surface area is 234 Å². The van der Waals surface area contributed by atoms with Crippen LogP contribution in [0, 0.1) is 11.6 Å². The van der Waals surface area contributed by atoms with Crippen molar-refractivity contribution in [1.29, 1.82) is 0 Å². The fourth-order valence-corrected chi connectivity index (χ4v) is 4.75. The van der Waals surface area contributed by atoms with Crippen molar-refractivity contribution in [2.45, 2.75) is 18.7 Å². The Hall–Kier alpha value is -4.80. The summed E-state index contributed by atoms with van der Waals surface area (Å²) in [6.07, 6.45) is 0.581. The first kappa shape index (κ1) is 27.8. The van der Waals surface area contributed by atoms with E-state index in [4.69, 9.17) is 14.2 Å². The Morgan fingerprint density at radius 3 is 2.56 bits per heavy atom. The molecule has 3 aromatic carbocycles. The van der Waals surface area contributed by atoms with Crippen molar-refractivity contribution >= 4 is 28.3 Å². The van der Waals surface area contributed by atoms with E-state index in [-0.39, 0.29) is 30.2 Å². The van der Waals surface area contributed by atoms with Crippen LogP contribution in [-0.2, 0) is 4.79 Å². The zero-order valence-electron chi connectivity index (χ0n) is 22.4. The van der Waals surface area contributed by atoms with Crippen LogP contribution in [0.4, 0.5) is 24.7 Å². The van der Waals surface area contributed by atoms with Crippen LogP contribution in [0.5, 0.6) is 17.2 Å². The van der Waals surface area contributed by atoms with E-state index < -0.39 is 23.9 Å². The lowest BCUT2D eigenvalue weighted by molar-refractivity contribution is -0.129. The molecule has 4 aromatic rings. The third kappa shape index (κ3) is 5.74. The highest BCUT2D eigenvalue weighted by atomic mass is 19.1. The summed E-state index contributed by atoms with van der Waals surface area (Å²) in [4.78, 5) is 22.0. The lowest BCUT2D eigenvalue weighted by atomic mass is 10.0. The van der Waals surface area contributed by atoms with Gasteiger partial charge in [0.05, 0.1) is 32.0 Å². The number of carbonyl (C=O) groups excluding carboxylic acids is 1. The number of nitrogens with one attached hydrogen (secondary N) is 1. The molecule has 2 heterocycles.